The number of nitrogens with one attached hydrogen (secondary N) is 1. The highest BCUT2D eigenvalue weighted by Gasteiger charge is 2.11. The van der Waals surface area contributed by atoms with Crippen molar-refractivity contribution in [2.75, 3.05) is 11.9 Å². The Balaban J connectivity index is 2.14. The van der Waals surface area contributed by atoms with Crippen LogP contribution in [-0.4, -0.2) is 27.7 Å². The molecule has 0 spiro atoms. The van der Waals surface area contributed by atoms with Crippen molar-refractivity contribution in [3.8, 4) is 17.1 Å². The minimum Gasteiger partial charge on any atom is -0.507 e. The van der Waals surface area contributed by atoms with Gasteiger partial charge in [0.15, 0.2) is 5.82 Å². The minimum atomic E-state index is 0.0160. The molecule has 1 heterocycles. The highest BCUT2D eigenvalue weighted by molar-refractivity contribution is 5.90. The Morgan fingerprint density at radius 2 is 1.82 bits per heavy atom. The Labute approximate surface area is 128 Å². The second-order valence-corrected chi connectivity index (χ2v) is 5.29. The van der Waals surface area contributed by atoms with E-state index in [0.29, 0.717) is 17.9 Å². The monoisotopic (exact) mass is 294 g/mol. The molecule has 22 heavy (non-hydrogen) atoms. The lowest BCUT2D eigenvalue weighted by Gasteiger charge is -2.13. The number of nitrogens with two attached hydrogens (primary N) is 1. The molecule has 1 unspecified atom stereocenters. The highest BCUT2D eigenvalue weighted by Crippen LogP contribution is 2.29. The van der Waals surface area contributed by atoms with Gasteiger partial charge in [-0.1, -0.05) is 24.3 Å². The Hall–Kier alpha value is -2.66. The average molecular weight is 294 g/mol. The summed E-state index contributed by atoms with van der Waals surface area (Å²) in [6, 6.07) is 14.8. The van der Waals surface area contributed by atoms with Crippen LogP contribution < -0.4 is 11.1 Å². The van der Waals surface area contributed by atoms with Crippen LogP contribution in [0.1, 0.15) is 6.92 Å². The van der Waals surface area contributed by atoms with Crippen molar-refractivity contribution in [2.45, 2.75) is 13.0 Å². The van der Waals surface area contributed by atoms with E-state index in [2.05, 4.69) is 15.3 Å². The third-order valence-electron chi connectivity index (χ3n) is 3.34. The smallest absolute Gasteiger partial charge is 0.165 e. The van der Waals surface area contributed by atoms with E-state index >= 15 is 0 Å². The van der Waals surface area contributed by atoms with Crippen LogP contribution in [0.5, 0.6) is 5.75 Å². The maximum absolute atomic E-state index is 10.0. The van der Waals surface area contributed by atoms with E-state index < -0.39 is 0 Å². The number of phenols is 1. The third kappa shape index (κ3) is 2.84. The van der Waals surface area contributed by atoms with Gasteiger partial charge >= 0.3 is 0 Å². The molecule has 3 aromatic rings. The van der Waals surface area contributed by atoms with Gasteiger partial charge in [0.25, 0.3) is 0 Å². The van der Waals surface area contributed by atoms with Gasteiger partial charge < -0.3 is 16.2 Å². The fraction of sp³-hybridized carbons (Fsp3) is 0.176. The maximum atomic E-state index is 10.0. The summed E-state index contributed by atoms with van der Waals surface area (Å²) in [5, 5.41) is 14.2. The van der Waals surface area contributed by atoms with Crippen LogP contribution in [0.15, 0.2) is 48.5 Å². The van der Waals surface area contributed by atoms with Crippen LogP contribution in [0, 0.1) is 0 Å². The van der Waals surface area contributed by atoms with Crippen LogP contribution in [0.4, 0.5) is 5.82 Å². The quantitative estimate of drug-likeness (QED) is 0.689. The number of fused-ring (bicyclic) bond motifs is 1. The van der Waals surface area contributed by atoms with Crippen molar-refractivity contribution >= 4 is 16.7 Å². The summed E-state index contributed by atoms with van der Waals surface area (Å²) in [5.74, 6) is 1.38. The van der Waals surface area contributed by atoms with Crippen LogP contribution >= 0.6 is 0 Å². The molecule has 0 amide bonds. The van der Waals surface area contributed by atoms with E-state index in [1.807, 2.05) is 37.3 Å². The molecule has 0 fully saturated rings. The summed E-state index contributed by atoms with van der Waals surface area (Å²) in [7, 11) is 0. The fourth-order valence-corrected chi connectivity index (χ4v) is 2.25. The molecule has 0 bridgehead atoms. The molecule has 0 saturated heterocycles. The number of nitrogens with zero attached hydrogens (tertiary/aromatic N) is 2. The van der Waals surface area contributed by atoms with E-state index in [1.54, 1.807) is 18.2 Å². The molecular formula is C17H18N4O. The van der Waals surface area contributed by atoms with Gasteiger partial charge in [0, 0.05) is 18.0 Å². The zero-order valence-corrected chi connectivity index (χ0v) is 12.3. The van der Waals surface area contributed by atoms with Gasteiger partial charge in [0.05, 0.1) is 11.1 Å². The van der Waals surface area contributed by atoms with E-state index in [1.165, 1.54) is 0 Å². The first-order valence-corrected chi connectivity index (χ1v) is 7.20. The van der Waals surface area contributed by atoms with E-state index in [4.69, 9.17) is 5.73 Å². The van der Waals surface area contributed by atoms with Crippen molar-refractivity contribution in [1.29, 1.82) is 0 Å². The van der Waals surface area contributed by atoms with Crippen LogP contribution in [0.2, 0.25) is 0 Å². The van der Waals surface area contributed by atoms with Crippen molar-refractivity contribution in [1.82, 2.24) is 9.97 Å². The number of benzene rings is 2. The molecule has 5 nitrogen and oxygen atoms in total. The topological polar surface area (TPSA) is 84.1 Å². The van der Waals surface area contributed by atoms with Gasteiger partial charge in [-0.15, -0.1) is 0 Å². The van der Waals surface area contributed by atoms with Crippen LogP contribution in [0.3, 0.4) is 0 Å². The number of hydrogen-bond acceptors (Lipinski definition) is 5. The first-order valence-electron chi connectivity index (χ1n) is 7.20. The van der Waals surface area contributed by atoms with Crippen molar-refractivity contribution in [2.24, 2.45) is 5.73 Å². The number of para-hydroxylation sites is 2. The lowest BCUT2D eigenvalue weighted by molar-refractivity contribution is 0.477. The van der Waals surface area contributed by atoms with Crippen molar-refractivity contribution in [3.05, 3.63) is 48.5 Å². The standard InChI is InChI=1S/C17H18N4O/c1-11(18)10-19-16-12-6-2-4-8-14(12)20-17(21-16)13-7-3-5-9-15(13)22/h2-9,11,22H,10,18H2,1H3,(H,19,20,21). The number of hydrogen-bond donors (Lipinski definition) is 3. The largest absolute Gasteiger partial charge is 0.507 e. The molecule has 2 aromatic carbocycles. The maximum Gasteiger partial charge on any atom is 0.165 e. The predicted octanol–water partition coefficient (Wildman–Crippen LogP) is 2.76. The lowest BCUT2D eigenvalue weighted by Crippen LogP contribution is -2.25. The molecule has 4 N–H and O–H groups in total. The molecule has 0 aliphatic rings. The van der Waals surface area contributed by atoms with Gasteiger partial charge in [0.2, 0.25) is 0 Å². The van der Waals surface area contributed by atoms with E-state index in [9.17, 15) is 5.11 Å². The first kappa shape index (κ1) is 14.3. The van der Waals surface area contributed by atoms with E-state index in [0.717, 1.165) is 16.7 Å². The summed E-state index contributed by atoms with van der Waals surface area (Å²) in [5.41, 5.74) is 7.24. The number of aromatic hydroxyl groups is 1. The molecule has 0 radical (unpaired) electrons. The second-order valence-electron chi connectivity index (χ2n) is 5.29. The summed E-state index contributed by atoms with van der Waals surface area (Å²) < 4.78 is 0. The zero-order valence-electron chi connectivity index (χ0n) is 12.3. The molecule has 0 saturated carbocycles. The SMILES string of the molecule is CC(N)CNc1nc(-c2ccccc2O)nc2ccccc12. The van der Waals surface area contributed by atoms with Gasteiger partial charge in [-0.2, -0.15) is 0 Å². The lowest BCUT2D eigenvalue weighted by atomic mass is 10.1. The Kier molecular flexibility index (Phi) is 3.89. The summed E-state index contributed by atoms with van der Waals surface area (Å²) in [6.45, 7) is 2.54. The summed E-state index contributed by atoms with van der Waals surface area (Å²) in [6.07, 6.45) is 0. The number of rotatable bonds is 4. The zero-order chi connectivity index (χ0) is 15.5. The van der Waals surface area contributed by atoms with Gasteiger partial charge in [-0.05, 0) is 31.2 Å². The Morgan fingerprint density at radius 3 is 2.59 bits per heavy atom. The van der Waals surface area contributed by atoms with Crippen LogP contribution in [0.25, 0.3) is 22.3 Å². The second kappa shape index (κ2) is 5.99. The number of aromatic nitrogens is 2. The summed E-state index contributed by atoms with van der Waals surface area (Å²) in [4.78, 5) is 9.12. The molecule has 1 atom stereocenters. The Bertz CT molecular complexity index is 802. The minimum absolute atomic E-state index is 0.0160. The number of phenolic OH excluding ortho intramolecular Hbond substituents is 1. The van der Waals surface area contributed by atoms with Crippen molar-refractivity contribution in [3.63, 3.8) is 0 Å². The Morgan fingerprint density at radius 1 is 1.09 bits per heavy atom. The van der Waals surface area contributed by atoms with E-state index in [-0.39, 0.29) is 11.8 Å². The summed E-state index contributed by atoms with van der Waals surface area (Å²) >= 11 is 0. The van der Waals surface area contributed by atoms with Gasteiger partial charge in [-0.3, -0.25) is 0 Å². The fourth-order valence-electron chi connectivity index (χ4n) is 2.25. The molecule has 1 aromatic heterocycles. The van der Waals surface area contributed by atoms with Crippen molar-refractivity contribution < 1.29 is 5.11 Å². The number of anilines is 1. The molecule has 5 heteroatoms. The van der Waals surface area contributed by atoms with Crippen LogP contribution in [-0.2, 0) is 0 Å². The van der Waals surface area contributed by atoms with Gasteiger partial charge in [0.1, 0.15) is 11.6 Å². The molecule has 0 aliphatic heterocycles. The molecule has 3 rings (SSSR count). The average Bonchev–Trinajstić information content (AvgIpc) is 2.52. The highest BCUT2D eigenvalue weighted by atomic mass is 16.3. The molecular weight excluding hydrogens is 276 g/mol. The normalized spacial score (nSPS) is 12.3. The molecule has 0 aliphatic carbocycles. The first-order chi connectivity index (χ1) is 10.6. The molecule has 112 valence electrons. The third-order valence-corrected chi connectivity index (χ3v) is 3.34. The predicted molar refractivity (Wildman–Crippen MR) is 88.8 cm³/mol. The van der Waals surface area contributed by atoms with Gasteiger partial charge in [-0.25, -0.2) is 9.97 Å².